The monoisotopic (exact) mass is 334 g/mol. The summed E-state index contributed by atoms with van der Waals surface area (Å²) in [6.45, 7) is 11.2. The van der Waals surface area contributed by atoms with E-state index in [1.807, 2.05) is 20.8 Å². The fourth-order valence-corrected chi connectivity index (χ4v) is 2.22. The van der Waals surface area contributed by atoms with Crippen LogP contribution < -0.4 is 15.4 Å². The summed E-state index contributed by atoms with van der Waals surface area (Å²) in [6.07, 6.45) is 0.920. The van der Waals surface area contributed by atoms with Crippen LogP contribution in [0.5, 0.6) is 5.75 Å². The minimum absolute atomic E-state index is 0.00991. The number of nitrogens with one attached hydrogen (secondary N) is 2. The van der Waals surface area contributed by atoms with Crippen LogP contribution in [-0.2, 0) is 4.79 Å². The first kappa shape index (κ1) is 20.0. The summed E-state index contributed by atoms with van der Waals surface area (Å²) >= 11 is 0. The Bertz CT molecular complexity index is 524. The molecule has 0 saturated carbocycles. The molecule has 0 aromatic heterocycles. The molecule has 0 fully saturated rings. The Balaban J connectivity index is 2.66. The van der Waals surface area contributed by atoms with Crippen LogP contribution in [-0.4, -0.2) is 31.0 Å². The number of hydrogen-bond acceptors (Lipinski definition) is 3. The smallest absolute Gasteiger partial charge is 0.251 e. The van der Waals surface area contributed by atoms with E-state index in [4.69, 9.17) is 4.74 Å². The third kappa shape index (κ3) is 6.60. The molecule has 1 atom stereocenters. The summed E-state index contributed by atoms with van der Waals surface area (Å²) < 4.78 is 5.37. The molecule has 0 spiro atoms. The molecule has 5 nitrogen and oxygen atoms in total. The molecule has 2 amide bonds. The van der Waals surface area contributed by atoms with Crippen molar-refractivity contribution < 1.29 is 14.3 Å². The largest absolute Gasteiger partial charge is 0.494 e. The SMILES string of the molecule is CCOc1ccc(C(=O)N[C@@H](C(=O)NCCC(C)C)C(C)C)cc1. The molecule has 1 rings (SSSR count). The van der Waals surface area contributed by atoms with E-state index < -0.39 is 6.04 Å². The zero-order chi connectivity index (χ0) is 18.1. The third-order valence-corrected chi connectivity index (χ3v) is 3.68. The standard InChI is InChI=1S/C19H30N2O3/c1-6-24-16-9-7-15(8-10-16)18(22)21-17(14(4)5)19(23)20-12-11-13(2)3/h7-10,13-14,17H,6,11-12H2,1-5H3,(H,20,23)(H,21,22)/t17-/m1/s1. The lowest BCUT2D eigenvalue weighted by atomic mass is 10.0. The lowest BCUT2D eigenvalue weighted by Crippen LogP contribution is -2.50. The molecule has 0 aliphatic carbocycles. The molecule has 1 aromatic carbocycles. The molecule has 5 heteroatoms. The highest BCUT2D eigenvalue weighted by Crippen LogP contribution is 2.13. The number of rotatable bonds is 9. The number of benzene rings is 1. The van der Waals surface area contributed by atoms with E-state index in [9.17, 15) is 9.59 Å². The molecular weight excluding hydrogens is 304 g/mol. The van der Waals surface area contributed by atoms with Gasteiger partial charge in [0.2, 0.25) is 5.91 Å². The van der Waals surface area contributed by atoms with Gasteiger partial charge in [-0.1, -0.05) is 27.7 Å². The van der Waals surface area contributed by atoms with Crippen LogP contribution in [0.25, 0.3) is 0 Å². The van der Waals surface area contributed by atoms with Crippen LogP contribution in [0.3, 0.4) is 0 Å². The van der Waals surface area contributed by atoms with Gasteiger partial charge in [-0.3, -0.25) is 9.59 Å². The van der Waals surface area contributed by atoms with Gasteiger partial charge in [0.25, 0.3) is 5.91 Å². The maximum atomic E-state index is 12.4. The average molecular weight is 334 g/mol. The highest BCUT2D eigenvalue weighted by atomic mass is 16.5. The second kappa shape index (κ2) is 9.96. The zero-order valence-electron chi connectivity index (χ0n) is 15.4. The van der Waals surface area contributed by atoms with Crippen molar-refractivity contribution in [2.75, 3.05) is 13.2 Å². The number of carbonyl (C=O) groups is 2. The van der Waals surface area contributed by atoms with E-state index in [-0.39, 0.29) is 17.7 Å². The van der Waals surface area contributed by atoms with Crippen molar-refractivity contribution in [2.24, 2.45) is 11.8 Å². The molecule has 134 valence electrons. The van der Waals surface area contributed by atoms with E-state index in [0.29, 0.717) is 24.6 Å². The van der Waals surface area contributed by atoms with Crippen molar-refractivity contribution in [3.63, 3.8) is 0 Å². The molecule has 0 saturated heterocycles. The summed E-state index contributed by atoms with van der Waals surface area (Å²) in [5.41, 5.74) is 0.513. The van der Waals surface area contributed by atoms with Gasteiger partial charge in [-0.05, 0) is 49.4 Å². The van der Waals surface area contributed by atoms with E-state index in [0.717, 1.165) is 12.2 Å². The van der Waals surface area contributed by atoms with Gasteiger partial charge < -0.3 is 15.4 Å². The number of ether oxygens (including phenoxy) is 1. The van der Waals surface area contributed by atoms with E-state index >= 15 is 0 Å². The predicted molar refractivity (Wildman–Crippen MR) is 96.2 cm³/mol. The van der Waals surface area contributed by atoms with Crippen LogP contribution in [0.4, 0.5) is 0 Å². The molecule has 2 N–H and O–H groups in total. The molecule has 0 aliphatic rings. The van der Waals surface area contributed by atoms with Gasteiger partial charge in [0.1, 0.15) is 11.8 Å². The van der Waals surface area contributed by atoms with Crippen molar-refractivity contribution in [3.8, 4) is 5.75 Å². The maximum Gasteiger partial charge on any atom is 0.251 e. The Morgan fingerprint density at radius 2 is 1.71 bits per heavy atom. The van der Waals surface area contributed by atoms with Gasteiger partial charge in [-0.15, -0.1) is 0 Å². The summed E-state index contributed by atoms with van der Waals surface area (Å²) in [5, 5.41) is 5.73. The number of amides is 2. The second-order valence-corrected chi connectivity index (χ2v) is 6.63. The Hall–Kier alpha value is -2.04. The first-order valence-corrected chi connectivity index (χ1v) is 8.66. The summed E-state index contributed by atoms with van der Waals surface area (Å²) in [5.74, 6) is 0.874. The zero-order valence-corrected chi connectivity index (χ0v) is 15.4. The number of hydrogen-bond donors (Lipinski definition) is 2. The van der Waals surface area contributed by atoms with Crippen molar-refractivity contribution in [3.05, 3.63) is 29.8 Å². The Morgan fingerprint density at radius 1 is 1.08 bits per heavy atom. The normalized spacial score (nSPS) is 12.1. The molecule has 0 heterocycles. The van der Waals surface area contributed by atoms with E-state index in [1.54, 1.807) is 24.3 Å². The maximum absolute atomic E-state index is 12.4. The van der Waals surface area contributed by atoms with Gasteiger partial charge >= 0.3 is 0 Å². The van der Waals surface area contributed by atoms with Crippen molar-refractivity contribution in [2.45, 2.75) is 47.1 Å². The Kier molecular flexibility index (Phi) is 8.30. The molecule has 1 aromatic rings. The van der Waals surface area contributed by atoms with Gasteiger partial charge in [0.05, 0.1) is 6.61 Å². The molecule has 24 heavy (non-hydrogen) atoms. The predicted octanol–water partition coefficient (Wildman–Crippen LogP) is 3.00. The van der Waals surface area contributed by atoms with Crippen LogP contribution in [0.15, 0.2) is 24.3 Å². The van der Waals surface area contributed by atoms with Gasteiger partial charge in [-0.25, -0.2) is 0 Å². The highest BCUT2D eigenvalue weighted by Gasteiger charge is 2.24. The molecule has 0 aliphatic heterocycles. The topological polar surface area (TPSA) is 67.4 Å². The van der Waals surface area contributed by atoms with Gasteiger partial charge in [0.15, 0.2) is 0 Å². The fourth-order valence-electron chi connectivity index (χ4n) is 2.22. The molecule has 0 radical (unpaired) electrons. The summed E-state index contributed by atoms with van der Waals surface area (Å²) in [7, 11) is 0. The minimum atomic E-state index is -0.545. The molecule has 0 unspecified atom stereocenters. The molecule has 0 bridgehead atoms. The molecular formula is C19H30N2O3. The first-order chi connectivity index (χ1) is 11.3. The first-order valence-electron chi connectivity index (χ1n) is 8.66. The van der Waals surface area contributed by atoms with Gasteiger partial charge in [-0.2, -0.15) is 0 Å². The summed E-state index contributed by atoms with van der Waals surface area (Å²) in [6, 6.07) is 6.37. The van der Waals surface area contributed by atoms with Crippen LogP contribution in [0.2, 0.25) is 0 Å². The van der Waals surface area contributed by atoms with E-state index in [2.05, 4.69) is 24.5 Å². The Morgan fingerprint density at radius 3 is 2.21 bits per heavy atom. The quantitative estimate of drug-likeness (QED) is 0.729. The van der Waals surface area contributed by atoms with Crippen LogP contribution in [0.1, 0.15) is 51.4 Å². The van der Waals surface area contributed by atoms with Crippen molar-refractivity contribution in [1.29, 1.82) is 0 Å². The van der Waals surface area contributed by atoms with Gasteiger partial charge in [0, 0.05) is 12.1 Å². The van der Waals surface area contributed by atoms with Crippen molar-refractivity contribution >= 4 is 11.8 Å². The lowest BCUT2D eigenvalue weighted by Gasteiger charge is -2.22. The lowest BCUT2D eigenvalue weighted by molar-refractivity contribution is -0.123. The average Bonchev–Trinajstić information content (AvgIpc) is 2.52. The minimum Gasteiger partial charge on any atom is -0.494 e. The van der Waals surface area contributed by atoms with Crippen LogP contribution >= 0.6 is 0 Å². The van der Waals surface area contributed by atoms with E-state index in [1.165, 1.54) is 0 Å². The second-order valence-electron chi connectivity index (χ2n) is 6.63. The number of carbonyl (C=O) groups excluding carboxylic acids is 2. The fraction of sp³-hybridized carbons (Fsp3) is 0.579. The highest BCUT2D eigenvalue weighted by molar-refractivity contribution is 5.97. The summed E-state index contributed by atoms with van der Waals surface area (Å²) in [4.78, 5) is 24.7. The van der Waals surface area contributed by atoms with Crippen molar-refractivity contribution in [1.82, 2.24) is 10.6 Å². The third-order valence-electron chi connectivity index (χ3n) is 3.68. The van der Waals surface area contributed by atoms with Crippen LogP contribution in [0, 0.1) is 11.8 Å². The Labute approximate surface area is 145 Å².